The summed E-state index contributed by atoms with van der Waals surface area (Å²) in [6.45, 7) is 3.59. The van der Waals surface area contributed by atoms with Gasteiger partial charge in [0.1, 0.15) is 4.90 Å². The van der Waals surface area contributed by atoms with Crippen molar-refractivity contribution in [2.45, 2.75) is 30.4 Å². The number of sulfonamides is 1. The molecule has 0 bridgehead atoms. The average molecular weight is 321 g/mol. The Balaban J connectivity index is 2.38. The highest BCUT2D eigenvalue weighted by Crippen LogP contribution is 2.27. The van der Waals surface area contributed by atoms with Gasteiger partial charge in [0.05, 0.1) is 16.6 Å². The van der Waals surface area contributed by atoms with E-state index in [1.165, 1.54) is 8.99 Å². The SMILES string of the molecule is Cc1nn(C)c(C)c1S(=O)(=O)N1CCC(S(C)(=O)=O)C1. The number of hydrogen-bond acceptors (Lipinski definition) is 5. The van der Waals surface area contributed by atoms with E-state index >= 15 is 0 Å². The molecule has 0 radical (unpaired) electrons. The summed E-state index contributed by atoms with van der Waals surface area (Å²) >= 11 is 0. The van der Waals surface area contributed by atoms with Gasteiger partial charge in [-0.15, -0.1) is 0 Å². The van der Waals surface area contributed by atoms with Crippen LogP contribution in [0.5, 0.6) is 0 Å². The Bertz CT molecular complexity index is 734. The van der Waals surface area contributed by atoms with Crippen LogP contribution in [-0.4, -0.2) is 55.5 Å². The first-order valence-corrected chi connectivity index (χ1v) is 9.64. The van der Waals surface area contributed by atoms with Crippen LogP contribution in [0.2, 0.25) is 0 Å². The number of rotatable bonds is 3. The second kappa shape index (κ2) is 4.81. The van der Waals surface area contributed by atoms with Gasteiger partial charge in [-0.05, 0) is 20.3 Å². The maximum absolute atomic E-state index is 12.6. The Morgan fingerprint density at radius 2 is 1.80 bits per heavy atom. The zero-order chi connectivity index (χ0) is 15.3. The molecule has 1 saturated heterocycles. The molecule has 1 atom stereocenters. The van der Waals surface area contributed by atoms with Gasteiger partial charge in [0.25, 0.3) is 0 Å². The molecule has 0 saturated carbocycles. The number of aryl methyl sites for hydroxylation is 2. The third-order valence-corrected chi connectivity index (χ3v) is 7.47. The lowest BCUT2D eigenvalue weighted by molar-refractivity contribution is 0.475. The number of hydrogen-bond donors (Lipinski definition) is 0. The molecule has 0 spiro atoms. The molecule has 1 aliphatic heterocycles. The van der Waals surface area contributed by atoms with Crippen LogP contribution in [0.1, 0.15) is 17.8 Å². The van der Waals surface area contributed by atoms with Crippen molar-refractivity contribution < 1.29 is 16.8 Å². The van der Waals surface area contributed by atoms with E-state index in [1.54, 1.807) is 20.9 Å². The van der Waals surface area contributed by atoms with E-state index < -0.39 is 25.1 Å². The predicted octanol–water partition coefficient (Wildman–Crippen LogP) is -0.155. The fraction of sp³-hybridized carbons (Fsp3) is 0.727. The van der Waals surface area contributed by atoms with Gasteiger partial charge in [0, 0.05) is 26.4 Å². The molecule has 2 heterocycles. The highest BCUT2D eigenvalue weighted by molar-refractivity contribution is 7.91. The van der Waals surface area contributed by atoms with Crippen molar-refractivity contribution in [2.24, 2.45) is 7.05 Å². The molecule has 0 aliphatic carbocycles. The Morgan fingerprint density at radius 3 is 2.20 bits per heavy atom. The van der Waals surface area contributed by atoms with Gasteiger partial charge < -0.3 is 0 Å². The van der Waals surface area contributed by atoms with Crippen LogP contribution in [0.25, 0.3) is 0 Å². The largest absolute Gasteiger partial charge is 0.271 e. The van der Waals surface area contributed by atoms with Crippen LogP contribution < -0.4 is 0 Å². The van der Waals surface area contributed by atoms with Crippen molar-refractivity contribution in [2.75, 3.05) is 19.3 Å². The molecular formula is C11H19N3O4S2. The summed E-state index contributed by atoms with van der Waals surface area (Å²) in [5.74, 6) is 0. The van der Waals surface area contributed by atoms with Crippen LogP contribution in [0.15, 0.2) is 4.90 Å². The molecule has 7 nitrogen and oxygen atoms in total. The maximum Gasteiger partial charge on any atom is 0.246 e. The van der Waals surface area contributed by atoms with Crippen molar-refractivity contribution in [3.05, 3.63) is 11.4 Å². The van der Waals surface area contributed by atoms with Crippen LogP contribution in [0.3, 0.4) is 0 Å². The number of sulfone groups is 1. The van der Waals surface area contributed by atoms with Gasteiger partial charge in [-0.2, -0.15) is 9.40 Å². The Kier molecular flexibility index (Phi) is 3.72. The standard InChI is InChI=1S/C11H19N3O4S2/c1-8-11(9(2)13(3)12-8)20(17,18)14-6-5-10(7-14)19(4,15)16/h10H,5-7H2,1-4H3. The Morgan fingerprint density at radius 1 is 1.20 bits per heavy atom. The van der Waals surface area contributed by atoms with Crippen molar-refractivity contribution in [1.82, 2.24) is 14.1 Å². The van der Waals surface area contributed by atoms with Gasteiger partial charge in [0.2, 0.25) is 10.0 Å². The lowest BCUT2D eigenvalue weighted by Gasteiger charge is -2.16. The van der Waals surface area contributed by atoms with Crippen molar-refractivity contribution in [3.8, 4) is 0 Å². The molecular weight excluding hydrogens is 302 g/mol. The Hall–Kier alpha value is -0.930. The highest BCUT2D eigenvalue weighted by Gasteiger charge is 2.39. The lowest BCUT2D eigenvalue weighted by Crippen LogP contribution is -2.32. The third kappa shape index (κ3) is 2.49. The summed E-state index contributed by atoms with van der Waals surface area (Å²) in [6.07, 6.45) is 1.49. The molecule has 0 aromatic carbocycles. The smallest absolute Gasteiger partial charge is 0.246 e. The van der Waals surface area contributed by atoms with Crippen LogP contribution in [0, 0.1) is 13.8 Å². The first-order valence-electron chi connectivity index (χ1n) is 6.24. The minimum Gasteiger partial charge on any atom is -0.271 e. The van der Waals surface area contributed by atoms with E-state index in [4.69, 9.17) is 0 Å². The van der Waals surface area contributed by atoms with Gasteiger partial charge in [-0.3, -0.25) is 4.68 Å². The fourth-order valence-electron chi connectivity index (χ4n) is 2.52. The normalized spacial score (nSPS) is 21.5. The summed E-state index contributed by atoms with van der Waals surface area (Å²) in [4.78, 5) is 0.189. The Labute approximate surface area is 119 Å². The van der Waals surface area contributed by atoms with E-state index in [2.05, 4.69) is 5.10 Å². The van der Waals surface area contributed by atoms with E-state index in [9.17, 15) is 16.8 Å². The van der Waals surface area contributed by atoms with Crippen LogP contribution in [-0.2, 0) is 26.9 Å². The average Bonchev–Trinajstić information content (AvgIpc) is 2.85. The summed E-state index contributed by atoms with van der Waals surface area (Å²) < 4.78 is 51.1. The van der Waals surface area contributed by atoms with Crippen molar-refractivity contribution >= 4 is 19.9 Å². The maximum atomic E-state index is 12.6. The molecule has 1 fully saturated rings. The molecule has 1 aliphatic rings. The summed E-state index contributed by atoms with van der Waals surface area (Å²) in [7, 11) is -5.22. The molecule has 20 heavy (non-hydrogen) atoms. The van der Waals surface area contributed by atoms with Crippen LogP contribution in [0.4, 0.5) is 0 Å². The van der Waals surface area contributed by atoms with Crippen molar-refractivity contribution in [3.63, 3.8) is 0 Å². The summed E-state index contributed by atoms with van der Waals surface area (Å²) in [6, 6.07) is 0. The molecule has 0 N–H and O–H groups in total. The second-order valence-electron chi connectivity index (χ2n) is 5.23. The zero-order valence-corrected chi connectivity index (χ0v) is 13.6. The summed E-state index contributed by atoms with van der Waals surface area (Å²) in [5, 5.41) is 3.49. The molecule has 0 amide bonds. The second-order valence-corrected chi connectivity index (χ2v) is 9.43. The molecule has 1 aromatic rings. The van der Waals surface area contributed by atoms with E-state index in [0.717, 1.165) is 6.26 Å². The molecule has 1 unspecified atom stereocenters. The minimum atomic E-state index is -3.69. The molecule has 1 aromatic heterocycles. The van der Waals surface area contributed by atoms with E-state index in [-0.39, 0.29) is 18.0 Å². The summed E-state index contributed by atoms with van der Waals surface area (Å²) in [5.41, 5.74) is 0.998. The first-order chi connectivity index (χ1) is 9.05. The van der Waals surface area contributed by atoms with Gasteiger partial charge >= 0.3 is 0 Å². The van der Waals surface area contributed by atoms with Gasteiger partial charge in [-0.1, -0.05) is 0 Å². The third-order valence-electron chi connectivity index (χ3n) is 3.75. The number of aromatic nitrogens is 2. The van der Waals surface area contributed by atoms with E-state index in [0.29, 0.717) is 17.8 Å². The van der Waals surface area contributed by atoms with Gasteiger partial charge in [0.15, 0.2) is 9.84 Å². The highest BCUT2D eigenvalue weighted by atomic mass is 32.2. The lowest BCUT2D eigenvalue weighted by atomic mass is 10.4. The van der Waals surface area contributed by atoms with Crippen molar-refractivity contribution in [1.29, 1.82) is 0 Å². The minimum absolute atomic E-state index is 0.0228. The molecule has 114 valence electrons. The fourth-order valence-corrected chi connectivity index (χ4v) is 5.50. The number of nitrogens with zero attached hydrogens (tertiary/aromatic N) is 3. The monoisotopic (exact) mass is 321 g/mol. The first kappa shape index (κ1) is 15.5. The molecule has 2 rings (SSSR count). The van der Waals surface area contributed by atoms with E-state index in [1.807, 2.05) is 0 Å². The quantitative estimate of drug-likeness (QED) is 0.772. The van der Waals surface area contributed by atoms with Gasteiger partial charge in [-0.25, -0.2) is 16.8 Å². The zero-order valence-electron chi connectivity index (χ0n) is 12.0. The predicted molar refractivity (Wildman–Crippen MR) is 74.7 cm³/mol. The van der Waals surface area contributed by atoms with Crippen LogP contribution >= 0.6 is 0 Å². The topological polar surface area (TPSA) is 89.3 Å². The molecule has 9 heteroatoms.